The molecule has 0 aromatic heterocycles. The fraction of sp³-hybridized carbons (Fsp3) is 0.692. The van der Waals surface area contributed by atoms with Gasteiger partial charge in [0.1, 0.15) is 5.60 Å². The number of carbonyl (C=O) groups excluding carboxylic acids is 2. The second kappa shape index (κ2) is 5.22. The molecular formula is C13H19NO3. The van der Waals surface area contributed by atoms with Crippen molar-refractivity contribution in [3.05, 3.63) is 0 Å². The Hall–Kier alpha value is -1.50. The number of hydrogen-bond acceptors (Lipinski definition) is 3. The summed E-state index contributed by atoms with van der Waals surface area (Å²) >= 11 is 0. The van der Waals surface area contributed by atoms with Crippen LogP contribution in [0.1, 0.15) is 40.5 Å². The number of ether oxygens (including phenoxy) is 1. The van der Waals surface area contributed by atoms with Crippen molar-refractivity contribution >= 4 is 11.9 Å². The van der Waals surface area contributed by atoms with Crippen LogP contribution in [-0.2, 0) is 9.53 Å². The molecule has 0 spiro atoms. The minimum absolute atomic E-state index is 0.180. The van der Waals surface area contributed by atoms with Crippen LogP contribution >= 0.6 is 0 Å². The monoisotopic (exact) mass is 237 g/mol. The molecule has 0 N–H and O–H groups in total. The van der Waals surface area contributed by atoms with Crippen LogP contribution in [0.15, 0.2) is 0 Å². The summed E-state index contributed by atoms with van der Waals surface area (Å²) in [6.07, 6.45) is 1.36. The summed E-state index contributed by atoms with van der Waals surface area (Å²) < 4.78 is 5.29. The van der Waals surface area contributed by atoms with Gasteiger partial charge in [0.05, 0.1) is 6.04 Å². The van der Waals surface area contributed by atoms with E-state index in [0.29, 0.717) is 6.54 Å². The van der Waals surface area contributed by atoms with Gasteiger partial charge in [0, 0.05) is 13.5 Å². The van der Waals surface area contributed by atoms with E-state index in [4.69, 9.17) is 4.74 Å². The topological polar surface area (TPSA) is 46.6 Å². The first-order valence-corrected chi connectivity index (χ1v) is 5.81. The highest BCUT2D eigenvalue weighted by Crippen LogP contribution is 2.20. The van der Waals surface area contributed by atoms with Crippen molar-refractivity contribution < 1.29 is 14.3 Å². The maximum Gasteiger partial charge on any atom is 0.411 e. The standard InChI is InChI=1S/C13H19NO3/c1-10(15)7-8-11-6-5-9-14(11)12(16)17-13(2,3)4/h11H,5-6,9H2,1-4H3/t11-/m0/s1. The zero-order valence-electron chi connectivity index (χ0n) is 10.9. The lowest BCUT2D eigenvalue weighted by Crippen LogP contribution is -2.39. The van der Waals surface area contributed by atoms with E-state index in [0.717, 1.165) is 12.8 Å². The molecule has 1 atom stereocenters. The molecule has 0 aromatic rings. The molecule has 1 saturated heterocycles. The van der Waals surface area contributed by atoms with E-state index in [2.05, 4.69) is 11.8 Å². The largest absolute Gasteiger partial charge is 0.444 e. The molecular weight excluding hydrogens is 218 g/mol. The van der Waals surface area contributed by atoms with Crippen LogP contribution in [0, 0.1) is 11.8 Å². The maximum absolute atomic E-state index is 11.9. The second-order valence-electron chi connectivity index (χ2n) is 5.16. The zero-order chi connectivity index (χ0) is 13.1. The first kappa shape index (κ1) is 13.6. The quantitative estimate of drug-likeness (QED) is 0.478. The van der Waals surface area contributed by atoms with Crippen LogP contribution in [0.25, 0.3) is 0 Å². The first-order chi connectivity index (χ1) is 7.79. The van der Waals surface area contributed by atoms with E-state index in [1.807, 2.05) is 20.8 Å². The fourth-order valence-electron chi connectivity index (χ4n) is 1.64. The smallest absolute Gasteiger partial charge is 0.411 e. The molecule has 0 radical (unpaired) electrons. The van der Waals surface area contributed by atoms with Crippen molar-refractivity contribution in [2.24, 2.45) is 0 Å². The van der Waals surface area contributed by atoms with E-state index >= 15 is 0 Å². The first-order valence-electron chi connectivity index (χ1n) is 5.81. The highest BCUT2D eigenvalue weighted by Gasteiger charge is 2.31. The van der Waals surface area contributed by atoms with Crippen molar-refractivity contribution in [2.75, 3.05) is 6.54 Å². The van der Waals surface area contributed by atoms with Crippen LogP contribution in [0.3, 0.4) is 0 Å². The van der Waals surface area contributed by atoms with E-state index in [1.165, 1.54) is 6.92 Å². The molecule has 0 saturated carbocycles. The van der Waals surface area contributed by atoms with Gasteiger partial charge < -0.3 is 4.74 Å². The third-order valence-electron chi connectivity index (χ3n) is 2.30. The van der Waals surface area contributed by atoms with Crippen molar-refractivity contribution in [3.8, 4) is 11.8 Å². The van der Waals surface area contributed by atoms with Crippen LogP contribution < -0.4 is 0 Å². The Bertz CT molecular complexity index is 370. The van der Waals surface area contributed by atoms with Gasteiger partial charge in [-0.2, -0.15) is 0 Å². The number of Topliss-reactive ketones (excluding diaryl/α,β-unsaturated/α-hetero) is 1. The highest BCUT2D eigenvalue weighted by atomic mass is 16.6. The molecule has 1 amide bonds. The average molecular weight is 237 g/mol. The van der Waals surface area contributed by atoms with E-state index < -0.39 is 5.60 Å². The number of carbonyl (C=O) groups is 2. The van der Waals surface area contributed by atoms with Gasteiger partial charge in [0.15, 0.2) is 0 Å². The summed E-state index contributed by atoms with van der Waals surface area (Å²) in [7, 11) is 0. The van der Waals surface area contributed by atoms with Crippen LogP contribution in [-0.4, -0.2) is 35.0 Å². The Morgan fingerprint density at radius 1 is 1.35 bits per heavy atom. The highest BCUT2D eigenvalue weighted by molar-refractivity contribution is 5.93. The predicted molar refractivity (Wildman–Crippen MR) is 64.4 cm³/mol. The van der Waals surface area contributed by atoms with Gasteiger partial charge in [-0.15, -0.1) is 0 Å². The number of rotatable bonds is 0. The molecule has 1 heterocycles. The fourth-order valence-corrected chi connectivity index (χ4v) is 1.64. The van der Waals surface area contributed by atoms with Crippen LogP contribution in [0.5, 0.6) is 0 Å². The van der Waals surface area contributed by atoms with Gasteiger partial charge in [0.25, 0.3) is 0 Å². The molecule has 0 bridgehead atoms. The Labute approximate surface area is 102 Å². The van der Waals surface area contributed by atoms with Gasteiger partial charge in [-0.05, 0) is 39.5 Å². The molecule has 1 rings (SSSR count). The van der Waals surface area contributed by atoms with Gasteiger partial charge in [0.2, 0.25) is 5.78 Å². The molecule has 1 aliphatic heterocycles. The summed E-state index contributed by atoms with van der Waals surface area (Å²) in [6.45, 7) is 7.55. The molecule has 17 heavy (non-hydrogen) atoms. The minimum Gasteiger partial charge on any atom is -0.444 e. The Kier molecular flexibility index (Phi) is 4.17. The molecule has 4 nitrogen and oxygen atoms in total. The third kappa shape index (κ3) is 4.48. The number of amides is 1. The summed E-state index contributed by atoms with van der Waals surface area (Å²) in [4.78, 5) is 24.3. The van der Waals surface area contributed by atoms with E-state index in [9.17, 15) is 9.59 Å². The average Bonchev–Trinajstić information content (AvgIpc) is 2.59. The Morgan fingerprint density at radius 3 is 2.53 bits per heavy atom. The molecule has 1 fully saturated rings. The van der Waals surface area contributed by atoms with Crippen LogP contribution in [0.2, 0.25) is 0 Å². The number of hydrogen-bond donors (Lipinski definition) is 0. The van der Waals surface area contributed by atoms with Gasteiger partial charge in [-0.25, -0.2) is 4.79 Å². The van der Waals surface area contributed by atoms with E-state index in [-0.39, 0.29) is 17.9 Å². The molecule has 0 aliphatic carbocycles. The van der Waals surface area contributed by atoms with Crippen molar-refractivity contribution in [3.63, 3.8) is 0 Å². The summed E-state index contributed by atoms with van der Waals surface area (Å²) in [6, 6.07) is -0.186. The van der Waals surface area contributed by atoms with Gasteiger partial charge in [-0.1, -0.05) is 5.92 Å². The molecule has 1 aliphatic rings. The van der Waals surface area contributed by atoms with Crippen molar-refractivity contribution in [1.29, 1.82) is 0 Å². The van der Waals surface area contributed by atoms with E-state index in [1.54, 1.807) is 4.90 Å². The molecule has 0 aromatic carbocycles. The van der Waals surface area contributed by atoms with Gasteiger partial charge in [-0.3, -0.25) is 9.69 Å². The predicted octanol–water partition coefficient (Wildman–Crippen LogP) is 1.98. The van der Waals surface area contributed by atoms with Crippen LogP contribution in [0.4, 0.5) is 4.79 Å². The van der Waals surface area contributed by atoms with Crippen molar-refractivity contribution in [2.45, 2.75) is 52.2 Å². The lowest BCUT2D eigenvalue weighted by molar-refractivity contribution is -0.111. The minimum atomic E-state index is -0.502. The SMILES string of the molecule is CC(=O)C#C[C@@H]1CCCN1C(=O)OC(C)(C)C. The Morgan fingerprint density at radius 2 is 2.00 bits per heavy atom. The normalized spacial score (nSPS) is 19.5. The van der Waals surface area contributed by atoms with Gasteiger partial charge >= 0.3 is 6.09 Å². The molecule has 94 valence electrons. The summed E-state index contributed by atoms with van der Waals surface area (Å²) in [5, 5.41) is 0. The maximum atomic E-state index is 11.9. The zero-order valence-corrected chi connectivity index (χ0v) is 10.9. The summed E-state index contributed by atoms with van der Waals surface area (Å²) in [5.41, 5.74) is -0.502. The summed E-state index contributed by atoms with van der Waals surface area (Å²) in [5.74, 6) is 5.14. The molecule has 0 unspecified atom stereocenters. The Balaban J connectivity index is 2.67. The lowest BCUT2D eigenvalue weighted by Gasteiger charge is -2.26. The van der Waals surface area contributed by atoms with Crippen molar-refractivity contribution in [1.82, 2.24) is 4.90 Å². The number of nitrogens with zero attached hydrogens (tertiary/aromatic N) is 1. The third-order valence-corrected chi connectivity index (χ3v) is 2.30. The number of ketones is 1. The number of likely N-dealkylation sites (tertiary alicyclic amines) is 1. The second-order valence-corrected chi connectivity index (χ2v) is 5.16. The molecule has 4 heteroatoms. The lowest BCUT2D eigenvalue weighted by atomic mass is 10.2.